The fourth-order valence-corrected chi connectivity index (χ4v) is 3.35. The zero-order valence-electron chi connectivity index (χ0n) is 17.2. The number of guanidine groups is 1. The standard InChI is InChI=1S/C22H30ClN5.HI/c1-24-22(26-16-19-7-9-21(23)10-8-19)25-15-18-3-5-20(6-4-18)17-28-13-11-27(2)12-14-28;/h3-10H,11-17H2,1-2H3,(H2,24,25,26);1H. The van der Waals surface area contributed by atoms with E-state index in [2.05, 4.69) is 56.7 Å². The molecule has 0 radical (unpaired) electrons. The van der Waals surface area contributed by atoms with Gasteiger partial charge in [-0.15, -0.1) is 24.0 Å². The molecule has 0 aromatic heterocycles. The molecule has 0 saturated carbocycles. The van der Waals surface area contributed by atoms with E-state index in [-0.39, 0.29) is 24.0 Å². The average Bonchev–Trinajstić information content (AvgIpc) is 2.72. The Balaban J connectivity index is 0.00000300. The Morgan fingerprint density at radius 2 is 1.34 bits per heavy atom. The number of rotatable bonds is 6. The number of piperazine rings is 1. The largest absolute Gasteiger partial charge is 0.352 e. The molecule has 158 valence electrons. The molecule has 1 heterocycles. The monoisotopic (exact) mass is 527 g/mol. The maximum Gasteiger partial charge on any atom is 0.191 e. The van der Waals surface area contributed by atoms with Gasteiger partial charge in [0.1, 0.15) is 0 Å². The zero-order chi connectivity index (χ0) is 19.8. The molecule has 0 aliphatic carbocycles. The number of aliphatic imine (C=N–C) groups is 1. The molecule has 1 aliphatic rings. The SMILES string of the molecule is CN=C(NCc1ccc(Cl)cc1)NCc1ccc(CN2CCN(C)CC2)cc1.I. The Morgan fingerprint density at radius 1 is 0.862 bits per heavy atom. The third kappa shape index (κ3) is 8.12. The average molecular weight is 528 g/mol. The van der Waals surface area contributed by atoms with Crippen LogP contribution in [0.2, 0.25) is 5.02 Å². The quantitative estimate of drug-likeness (QED) is 0.342. The highest BCUT2D eigenvalue weighted by molar-refractivity contribution is 14.0. The fourth-order valence-electron chi connectivity index (χ4n) is 3.22. The smallest absolute Gasteiger partial charge is 0.191 e. The Morgan fingerprint density at radius 3 is 1.86 bits per heavy atom. The minimum Gasteiger partial charge on any atom is -0.352 e. The molecule has 29 heavy (non-hydrogen) atoms. The molecule has 2 aromatic rings. The second-order valence-corrected chi connectivity index (χ2v) is 7.74. The lowest BCUT2D eigenvalue weighted by atomic mass is 10.1. The fraction of sp³-hybridized carbons (Fsp3) is 0.409. The first-order valence-electron chi connectivity index (χ1n) is 9.80. The summed E-state index contributed by atoms with van der Waals surface area (Å²) in [4.78, 5) is 9.21. The normalized spacial score (nSPS) is 15.6. The van der Waals surface area contributed by atoms with E-state index in [0.717, 1.165) is 50.3 Å². The zero-order valence-corrected chi connectivity index (χ0v) is 20.3. The molecule has 7 heteroatoms. The van der Waals surface area contributed by atoms with Crippen molar-refractivity contribution >= 4 is 41.5 Å². The van der Waals surface area contributed by atoms with Gasteiger partial charge >= 0.3 is 0 Å². The van der Waals surface area contributed by atoms with Gasteiger partial charge in [-0.1, -0.05) is 48.0 Å². The first kappa shape index (κ1) is 23.9. The number of likely N-dealkylation sites (N-methyl/N-ethyl adjacent to an activating group) is 1. The van der Waals surface area contributed by atoms with Crippen molar-refractivity contribution in [2.45, 2.75) is 19.6 Å². The molecule has 0 amide bonds. The second-order valence-electron chi connectivity index (χ2n) is 7.30. The van der Waals surface area contributed by atoms with E-state index >= 15 is 0 Å². The van der Waals surface area contributed by atoms with E-state index in [1.165, 1.54) is 16.7 Å². The highest BCUT2D eigenvalue weighted by atomic mass is 127. The van der Waals surface area contributed by atoms with Crippen LogP contribution in [0.15, 0.2) is 53.5 Å². The van der Waals surface area contributed by atoms with E-state index in [1.54, 1.807) is 7.05 Å². The summed E-state index contributed by atoms with van der Waals surface area (Å²) in [5.74, 6) is 0.788. The van der Waals surface area contributed by atoms with Gasteiger partial charge in [0, 0.05) is 57.9 Å². The van der Waals surface area contributed by atoms with Crippen molar-refractivity contribution in [3.05, 3.63) is 70.2 Å². The summed E-state index contributed by atoms with van der Waals surface area (Å²) in [6.07, 6.45) is 0. The van der Waals surface area contributed by atoms with Gasteiger partial charge in [-0.05, 0) is 35.9 Å². The lowest BCUT2D eigenvalue weighted by molar-refractivity contribution is 0.148. The van der Waals surface area contributed by atoms with Crippen molar-refractivity contribution in [3.8, 4) is 0 Å². The Bertz CT molecular complexity index is 756. The van der Waals surface area contributed by atoms with Crippen LogP contribution < -0.4 is 10.6 Å². The highest BCUT2D eigenvalue weighted by Crippen LogP contribution is 2.10. The van der Waals surface area contributed by atoms with Crippen LogP contribution in [0.4, 0.5) is 0 Å². The molecular formula is C22H31ClIN5. The summed E-state index contributed by atoms with van der Waals surface area (Å²) in [6, 6.07) is 16.7. The number of nitrogens with zero attached hydrogens (tertiary/aromatic N) is 3. The van der Waals surface area contributed by atoms with Crippen LogP contribution in [-0.2, 0) is 19.6 Å². The van der Waals surface area contributed by atoms with E-state index in [1.807, 2.05) is 24.3 Å². The summed E-state index contributed by atoms with van der Waals surface area (Å²) < 4.78 is 0. The van der Waals surface area contributed by atoms with Crippen molar-refractivity contribution in [2.75, 3.05) is 40.3 Å². The van der Waals surface area contributed by atoms with Crippen LogP contribution in [-0.4, -0.2) is 56.0 Å². The van der Waals surface area contributed by atoms with Gasteiger partial charge in [-0.2, -0.15) is 0 Å². The predicted molar refractivity (Wildman–Crippen MR) is 133 cm³/mol. The summed E-state index contributed by atoms with van der Waals surface area (Å²) in [5, 5.41) is 7.45. The number of nitrogens with one attached hydrogen (secondary N) is 2. The third-order valence-corrected chi connectivity index (χ3v) is 5.33. The van der Waals surface area contributed by atoms with Crippen molar-refractivity contribution in [1.82, 2.24) is 20.4 Å². The summed E-state index contributed by atoms with van der Waals surface area (Å²) in [6.45, 7) is 7.10. The van der Waals surface area contributed by atoms with Gasteiger partial charge in [0.05, 0.1) is 0 Å². The molecule has 5 nitrogen and oxygen atoms in total. The van der Waals surface area contributed by atoms with E-state index < -0.39 is 0 Å². The topological polar surface area (TPSA) is 42.9 Å². The predicted octanol–water partition coefficient (Wildman–Crippen LogP) is 3.57. The molecule has 1 saturated heterocycles. The van der Waals surface area contributed by atoms with E-state index in [9.17, 15) is 0 Å². The van der Waals surface area contributed by atoms with Gasteiger partial charge < -0.3 is 15.5 Å². The molecule has 1 aliphatic heterocycles. The van der Waals surface area contributed by atoms with Crippen LogP contribution in [0.3, 0.4) is 0 Å². The van der Waals surface area contributed by atoms with Gasteiger partial charge in [0.15, 0.2) is 5.96 Å². The van der Waals surface area contributed by atoms with E-state index in [4.69, 9.17) is 11.6 Å². The Labute approximate surface area is 196 Å². The van der Waals surface area contributed by atoms with Crippen LogP contribution in [0.1, 0.15) is 16.7 Å². The van der Waals surface area contributed by atoms with Crippen molar-refractivity contribution in [3.63, 3.8) is 0 Å². The molecular weight excluding hydrogens is 497 g/mol. The highest BCUT2D eigenvalue weighted by Gasteiger charge is 2.13. The number of hydrogen-bond acceptors (Lipinski definition) is 3. The van der Waals surface area contributed by atoms with Gasteiger partial charge in [0.2, 0.25) is 0 Å². The molecule has 0 unspecified atom stereocenters. The van der Waals surface area contributed by atoms with E-state index in [0.29, 0.717) is 6.54 Å². The minimum atomic E-state index is 0. The molecule has 3 rings (SSSR count). The molecule has 0 atom stereocenters. The third-order valence-electron chi connectivity index (χ3n) is 5.08. The van der Waals surface area contributed by atoms with Crippen molar-refractivity contribution in [2.24, 2.45) is 4.99 Å². The molecule has 1 fully saturated rings. The molecule has 0 spiro atoms. The molecule has 2 N–H and O–H groups in total. The van der Waals surface area contributed by atoms with Crippen LogP contribution in [0, 0.1) is 0 Å². The second kappa shape index (κ2) is 12.4. The van der Waals surface area contributed by atoms with Gasteiger partial charge in [0.25, 0.3) is 0 Å². The number of benzene rings is 2. The molecule has 0 bridgehead atoms. The number of halogens is 2. The summed E-state index contributed by atoms with van der Waals surface area (Å²) in [5.41, 5.74) is 3.79. The maximum absolute atomic E-state index is 5.93. The van der Waals surface area contributed by atoms with Crippen LogP contribution in [0.5, 0.6) is 0 Å². The maximum atomic E-state index is 5.93. The lowest BCUT2D eigenvalue weighted by Crippen LogP contribution is -2.43. The van der Waals surface area contributed by atoms with Crippen molar-refractivity contribution in [1.29, 1.82) is 0 Å². The Kier molecular flexibility index (Phi) is 10.2. The summed E-state index contributed by atoms with van der Waals surface area (Å²) in [7, 11) is 3.98. The molecule has 2 aromatic carbocycles. The lowest BCUT2D eigenvalue weighted by Gasteiger charge is -2.32. The van der Waals surface area contributed by atoms with Crippen LogP contribution >= 0.6 is 35.6 Å². The van der Waals surface area contributed by atoms with Crippen molar-refractivity contribution < 1.29 is 0 Å². The Hall–Kier alpha value is -1.35. The summed E-state index contributed by atoms with van der Waals surface area (Å²) >= 11 is 5.93. The van der Waals surface area contributed by atoms with Gasteiger partial charge in [-0.3, -0.25) is 9.89 Å². The number of hydrogen-bond donors (Lipinski definition) is 2. The first-order valence-corrected chi connectivity index (χ1v) is 10.2. The first-order chi connectivity index (χ1) is 13.6. The van der Waals surface area contributed by atoms with Gasteiger partial charge in [-0.25, -0.2) is 0 Å². The minimum absolute atomic E-state index is 0. The van der Waals surface area contributed by atoms with Crippen LogP contribution in [0.25, 0.3) is 0 Å².